The van der Waals surface area contributed by atoms with Crippen molar-refractivity contribution >= 4 is 82.1 Å². The molecular weight excluding hydrogens is 795 g/mol. The molecule has 0 aliphatic heterocycles. The van der Waals surface area contributed by atoms with Crippen LogP contribution in [0, 0.1) is 0 Å². The number of benzene rings is 10. The Morgan fingerprint density at radius 2 is 0.683 bits per heavy atom. The summed E-state index contributed by atoms with van der Waals surface area (Å²) >= 11 is 1.87. The van der Waals surface area contributed by atoms with Gasteiger partial charge in [-0.25, -0.2) is 0 Å². The van der Waals surface area contributed by atoms with Crippen molar-refractivity contribution in [1.82, 2.24) is 4.57 Å². The molecule has 0 N–H and O–H groups in total. The van der Waals surface area contributed by atoms with Crippen molar-refractivity contribution in [3.63, 3.8) is 0 Å². The first-order valence-corrected chi connectivity index (χ1v) is 24.5. The molecule has 12 rings (SSSR count). The molecular formula is C60H41NSSi. The third kappa shape index (κ3) is 6.28. The predicted molar refractivity (Wildman–Crippen MR) is 274 cm³/mol. The molecule has 2 heterocycles. The van der Waals surface area contributed by atoms with E-state index in [9.17, 15) is 0 Å². The number of thiophene rings is 1. The predicted octanol–water partition coefficient (Wildman–Crippen LogP) is 13.5. The van der Waals surface area contributed by atoms with Crippen LogP contribution in [0.5, 0.6) is 0 Å². The summed E-state index contributed by atoms with van der Waals surface area (Å²) in [6.07, 6.45) is 0. The quantitative estimate of drug-likeness (QED) is 0.106. The molecule has 0 saturated heterocycles. The number of nitrogens with zero attached hydrogens (tertiary/aromatic N) is 1. The summed E-state index contributed by atoms with van der Waals surface area (Å²) in [6.45, 7) is 0. The van der Waals surface area contributed by atoms with E-state index in [1.54, 1.807) is 0 Å². The molecule has 0 aliphatic carbocycles. The lowest BCUT2D eigenvalue weighted by Gasteiger charge is -2.34. The van der Waals surface area contributed by atoms with Gasteiger partial charge in [0.1, 0.15) is 0 Å². The van der Waals surface area contributed by atoms with Gasteiger partial charge < -0.3 is 4.57 Å². The van der Waals surface area contributed by atoms with E-state index in [1.165, 1.54) is 102 Å². The Hall–Kier alpha value is -7.56. The zero-order valence-corrected chi connectivity index (χ0v) is 36.3. The molecule has 0 amide bonds. The summed E-state index contributed by atoms with van der Waals surface area (Å²) in [5.41, 5.74) is 11.0. The highest BCUT2D eigenvalue weighted by Gasteiger charge is 2.41. The van der Waals surface area contributed by atoms with Gasteiger partial charge in [-0.15, -0.1) is 11.3 Å². The molecule has 0 spiro atoms. The third-order valence-corrected chi connectivity index (χ3v) is 18.9. The van der Waals surface area contributed by atoms with Gasteiger partial charge in [-0.05, 0) is 115 Å². The van der Waals surface area contributed by atoms with Crippen LogP contribution in [0.4, 0.5) is 0 Å². The number of para-hydroxylation sites is 2. The van der Waals surface area contributed by atoms with E-state index in [1.807, 2.05) is 11.3 Å². The summed E-state index contributed by atoms with van der Waals surface area (Å²) in [4.78, 5) is 0. The Balaban J connectivity index is 0.941. The second-order valence-corrected chi connectivity index (χ2v) is 21.3. The summed E-state index contributed by atoms with van der Waals surface area (Å²) in [5.74, 6) is 0. The smallest absolute Gasteiger partial charge is 0.179 e. The maximum Gasteiger partial charge on any atom is 0.179 e. The Bertz CT molecular complexity index is 3510. The second-order valence-electron chi connectivity index (χ2n) is 16.5. The first-order valence-electron chi connectivity index (χ1n) is 21.7. The van der Waals surface area contributed by atoms with Gasteiger partial charge in [0.25, 0.3) is 0 Å². The fraction of sp³-hybridized carbons (Fsp3) is 0. The van der Waals surface area contributed by atoms with Gasteiger partial charge in [0, 0.05) is 36.6 Å². The molecule has 0 atom stereocenters. The minimum atomic E-state index is -2.66. The molecule has 0 radical (unpaired) electrons. The topological polar surface area (TPSA) is 4.93 Å². The number of rotatable bonds is 8. The Kier molecular flexibility index (Phi) is 9.10. The van der Waals surface area contributed by atoms with Crippen molar-refractivity contribution in [3.05, 3.63) is 249 Å². The molecule has 296 valence electrons. The second kappa shape index (κ2) is 15.4. The van der Waals surface area contributed by atoms with Crippen LogP contribution in [0.2, 0.25) is 0 Å². The molecule has 0 unspecified atom stereocenters. The van der Waals surface area contributed by atoms with Gasteiger partial charge in [-0.1, -0.05) is 188 Å². The third-order valence-electron chi connectivity index (χ3n) is 12.9. The normalized spacial score (nSPS) is 11.8. The van der Waals surface area contributed by atoms with E-state index in [2.05, 4.69) is 253 Å². The van der Waals surface area contributed by atoms with Crippen LogP contribution in [-0.2, 0) is 0 Å². The minimum absolute atomic E-state index is 1.18. The fourth-order valence-electron chi connectivity index (χ4n) is 10.0. The first-order chi connectivity index (χ1) is 31.2. The zero-order valence-electron chi connectivity index (χ0n) is 34.5. The highest BCUT2D eigenvalue weighted by molar-refractivity contribution is 7.25. The molecule has 10 aromatic carbocycles. The van der Waals surface area contributed by atoms with Gasteiger partial charge >= 0.3 is 0 Å². The zero-order chi connectivity index (χ0) is 41.7. The monoisotopic (exact) mass is 835 g/mol. The maximum absolute atomic E-state index is 2.66. The number of hydrogen-bond donors (Lipinski definition) is 0. The van der Waals surface area contributed by atoms with Gasteiger partial charge in [-0.3, -0.25) is 0 Å². The lowest BCUT2D eigenvalue weighted by Crippen LogP contribution is -2.74. The van der Waals surface area contributed by atoms with Crippen molar-refractivity contribution < 1.29 is 0 Å². The van der Waals surface area contributed by atoms with Gasteiger partial charge in [0.15, 0.2) is 8.07 Å². The van der Waals surface area contributed by atoms with Crippen molar-refractivity contribution in [2.75, 3.05) is 0 Å². The summed E-state index contributed by atoms with van der Waals surface area (Å²) in [5, 5.41) is 10.6. The van der Waals surface area contributed by atoms with Crippen molar-refractivity contribution in [1.29, 1.82) is 0 Å². The molecule has 1 nitrogen and oxygen atoms in total. The van der Waals surface area contributed by atoms with E-state index in [0.29, 0.717) is 0 Å². The molecule has 2 aromatic heterocycles. The molecule has 12 aromatic rings. The van der Waals surface area contributed by atoms with Gasteiger partial charge in [-0.2, -0.15) is 0 Å². The molecule has 63 heavy (non-hydrogen) atoms. The molecule has 0 saturated carbocycles. The van der Waals surface area contributed by atoms with Crippen molar-refractivity contribution in [2.45, 2.75) is 0 Å². The average molecular weight is 836 g/mol. The lowest BCUT2D eigenvalue weighted by atomic mass is 9.97. The maximum atomic E-state index is 2.46. The van der Waals surface area contributed by atoms with Crippen LogP contribution >= 0.6 is 11.3 Å². The Labute approximate surface area is 372 Å². The number of fused-ring (bicyclic) bond motifs is 6. The van der Waals surface area contributed by atoms with Crippen LogP contribution in [0.3, 0.4) is 0 Å². The van der Waals surface area contributed by atoms with E-state index in [-0.39, 0.29) is 0 Å². The summed E-state index contributed by atoms with van der Waals surface area (Å²) in [7, 11) is -2.66. The minimum Gasteiger partial charge on any atom is -0.309 e. The average Bonchev–Trinajstić information content (AvgIpc) is 3.90. The molecule has 0 bridgehead atoms. The lowest BCUT2D eigenvalue weighted by molar-refractivity contribution is 1.18. The molecule has 0 fully saturated rings. The van der Waals surface area contributed by atoms with E-state index < -0.39 is 8.07 Å². The van der Waals surface area contributed by atoms with Crippen molar-refractivity contribution in [3.8, 4) is 39.1 Å². The van der Waals surface area contributed by atoms with E-state index in [4.69, 9.17) is 0 Å². The molecule has 3 heteroatoms. The van der Waals surface area contributed by atoms with Crippen LogP contribution < -0.4 is 20.7 Å². The van der Waals surface area contributed by atoms with Crippen LogP contribution in [0.1, 0.15) is 0 Å². The number of aromatic nitrogens is 1. The summed E-state index contributed by atoms with van der Waals surface area (Å²) in [6, 6.07) is 92.4. The van der Waals surface area contributed by atoms with Gasteiger partial charge in [0.05, 0.1) is 11.0 Å². The van der Waals surface area contributed by atoms with E-state index in [0.717, 1.165) is 0 Å². The van der Waals surface area contributed by atoms with Crippen molar-refractivity contribution in [2.24, 2.45) is 0 Å². The standard InChI is InChI=1S/C60H41NSSi/c1-5-20-48(21-6-1)61-57-30-14-13-29-53(57)54-39-45(31-34-58(54)61)47-33-36-60-56(41-47)55-40-46(32-35-59(55)62-60)43-18-15-17-42(37-43)44-19-16-28-52(38-44)63(49-22-7-2-8-23-49,50-24-9-3-10-25-50)51-26-11-4-12-27-51/h1-41H. The van der Waals surface area contributed by atoms with Crippen LogP contribution in [-0.4, -0.2) is 12.6 Å². The first kappa shape index (κ1) is 37.2. The highest BCUT2D eigenvalue weighted by atomic mass is 32.1. The fourth-order valence-corrected chi connectivity index (χ4v) is 15.9. The Morgan fingerprint density at radius 1 is 0.270 bits per heavy atom. The summed E-state index contributed by atoms with van der Waals surface area (Å²) < 4.78 is 4.99. The van der Waals surface area contributed by atoms with E-state index >= 15 is 0 Å². The van der Waals surface area contributed by atoms with Gasteiger partial charge in [0.2, 0.25) is 0 Å². The van der Waals surface area contributed by atoms with Crippen LogP contribution in [0.15, 0.2) is 249 Å². The van der Waals surface area contributed by atoms with Crippen LogP contribution in [0.25, 0.3) is 81.0 Å². The Morgan fingerprint density at radius 3 is 1.25 bits per heavy atom. The molecule has 0 aliphatic rings. The highest BCUT2D eigenvalue weighted by Crippen LogP contribution is 2.40. The number of hydrogen-bond acceptors (Lipinski definition) is 1. The largest absolute Gasteiger partial charge is 0.309 e. The SMILES string of the molecule is c1ccc(-n2c3ccccc3c3cc(-c4ccc5sc6ccc(-c7cccc(-c8cccc([Si](c9ccccc9)(c9ccccc9)c9ccccc9)c8)c7)cc6c5c4)ccc32)cc1.